The van der Waals surface area contributed by atoms with Gasteiger partial charge in [-0.15, -0.1) is 0 Å². The Morgan fingerprint density at radius 3 is 2.53 bits per heavy atom. The topological polar surface area (TPSA) is 60.7 Å². The maximum absolute atomic E-state index is 9.70. The quantitative estimate of drug-likeness (QED) is 0.706. The molecule has 0 aliphatic rings. The third-order valence-corrected chi connectivity index (χ3v) is 2.63. The molecule has 1 aromatic rings. The van der Waals surface area contributed by atoms with Gasteiger partial charge < -0.3 is 15.3 Å². The number of hydrogen-bond acceptors (Lipinski definition) is 3. The summed E-state index contributed by atoms with van der Waals surface area (Å²) in [4.78, 5) is 0. The summed E-state index contributed by atoms with van der Waals surface area (Å²) in [6.07, 6.45) is -0.270. The standard InChI is InChI=1S/C12H18O3/c1-8-4-3-5-11(15)12(8)9(2)6-10(14)7-13/h3-5,9-10,13-15H,6-7H2,1-2H3. The van der Waals surface area contributed by atoms with Gasteiger partial charge in [0.05, 0.1) is 12.7 Å². The van der Waals surface area contributed by atoms with Crippen molar-refractivity contribution in [2.45, 2.75) is 32.3 Å². The predicted molar refractivity (Wildman–Crippen MR) is 59.0 cm³/mol. The zero-order chi connectivity index (χ0) is 11.4. The molecule has 0 aliphatic heterocycles. The molecule has 0 radical (unpaired) electrons. The summed E-state index contributed by atoms with van der Waals surface area (Å²) in [5.74, 6) is 0.293. The first-order valence-corrected chi connectivity index (χ1v) is 5.13. The number of hydrogen-bond donors (Lipinski definition) is 3. The number of aliphatic hydroxyl groups excluding tert-OH is 2. The molecule has 3 heteroatoms. The van der Waals surface area contributed by atoms with Crippen LogP contribution in [0.5, 0.6) is 5.75 Å². The number of phenols is 1. The largest absolute Gasteiger partial charge is 0.508 e. The van der Waals surface area contributed by atoms with Crippen LogP contribution < -0.4 is 0 Å². The van der Waals surface area contributed by atoms with Crippen LogP contribution in [-0.2, 0) is 0 Å². The van der Waals surface area contributed by atoms with Crippen molar-refractivity contribution in [1.82, 2.24) is 0 Å². The molecule has 0 amide bonds. The molecule has 84 valence electrons. The van der Waals surface area contributed by atoms with Crippen molar-refractivity contribution in [3.05, 3.63) is 29.3 Å². The molecule has 0 heterocycles. The minimum atomic E-state index is -0.723. The van der Waals surface area contributed by atoms with Crippen LogP contribution in [0.25, 0.3) is 0 Å². The normalized spacial score (nSPS) is 14.9. The molecule has 0 bridgehead atoms. The number of aromatic hydroxyl groups is 1. The van der Waals surface area contributed by atoms with Gasteiger partial charge in [0.15, 0.2) is 0 Å². The number of phenolic OH excluding ortho intramolecular Hbond substituents is 1. The van der Waals surface area contributed by atoms with Gasteiger partial charge in [-0.2, -0.15) is 0 Å². The number of rotatable bonds is 4. The molecule has 0 saturated heterocycles. The van der Waals surface area contributed by atoms with Gasteiger partial charge >= 0.3 is 0 Å². The van der Waals surface area contributed by atoms with E-state index in [1.165, 1.54) is 0 Å². The Morgan fingerprint density at radius 1 is 1.33 bits per heavy atom. The summed E-state index contributed by atoms with van der Waals surface area (Å²) in [5, 5.41) is 27.8. The Kier molecular flexibility index (Phi) is 4.12. The van der Waals surface area contributed by atoms with E-state index in [1.807, 2.05) is 19.9 Å². The molecule has 0 spiro atoms. The van der Waals surface area contributed by atoms with Gasteiger partial charge in [-0.3, -0.25) is 0 Å². The summed E-state index contributed by atoms with van der Waals surface area (Å²) in [7, 11) is 0. The highest BCUT2D eigenvalue weighted by Crippen LogP contribution is 2.31. The second-order valence-electron chi connectivity index (χ2n) is 3.98. The molecule has 2 atom stereocenters. The average molecular weight is 210 g/mol. The van der Waals surface area contributed by atoms with Crippen LogP contribution in [0, 0.1) is 6.92 Å². The van der Waals surface area contributed by atoms with Crippen molar-refractivity contribution >= 4 is 0 Å². The predicted octanol–water partition coefficient (Wildman–Crippen LogP) is 1.55. The summed E-state index contributed by atoms with van der Waals surface area (Å²) in [6, 6.07) is 5.37. The maximum Gasteiger partial charge on any atom is 0.119 e. The Morgan fingerprint density at radius 2 is 2.00 bits per heavy atom. The van der Waals surface area contributed by atoms with Crippen molar-refractivity contribution in [3.8, 4) is 5.75 Å². The number of aryl methyl sites for hydroxylation is 1. The molecular weight excluding hydrogens is 192 g/mol. The lowest BCUT2D eigenvalue weighted by atomic mass is 9.91. The molecule has 3 nitrogen and oxygen atoms in total. The van der Waals surface area contributed by atoms with Gasteiger partial charge in [0.2, 0.25) is 0 Å². The first-order valence-electron chi connectivity index (χ1n) is 5.13. The zero-order valence-electron chi connectivity index (χ0n) is 9.14. The summed E-state index contributed by atoms with van der Waals surface area (Å²) in [5.41, 5.74) is 1.86. The molecule has 0 fully saturated rings. The molecule has 3 N–H and O–H groups in total. The lowest BCUT2D eigenvalue weighted by Crippen LogP contribution is -2.15. The highest BCUT2D eigenvalue weighted by Gasteiger charge is 2.16. The van der Waals surface area contributed by atoms with Crippen molar-refractivity contribution < 1.29 is 15.3 Å². The number of aliphatic hydroxyl groups is 2. The van der Waals surface area contributed by atoms with Crippen molar-refractivity contribution in [2.75, 3.05) is 6.61 Å². The molecular formula is C12H18O3. The Bertz CT molecular complexity index is 302. The van der Waals surface area contributed by atoms with Crippen molar-refractivity contribution in [3.63, 3.8) is 0 Å². The van der Waals surface area contributed by atoms with Gasteiger partial charge in [-0.05, 0) is 36.5 Å². The molecule has 2 unspecified atom stereocenters. The van der Waals surface area contributed by atoms with E-state index in [1.54, 1.807) is 12.1 Å². The van der Waals surface area contributed by atoms with Crippen molar-refractivity contribution in [2.24, 2.45) is 0 Å². The summed E-state index contributed by atoms with van der Waals surface area (Å²) < 4.78 is 0. The highest BCUT2D eigenvalue weighted by atomic mass is 16.3. The molecule has 0 saturated carbocycles. The minimum Gasteiger partial charge on any atom is -0.508 e. The second kappa shape index (κ2) is 5.14. The number of benzene rings is 1. The summed E-state index contributed by atoms with van der Waals surface area (Å²) in [6.45, 7) is 3.62. The first-order chi connectivity index (χ1) is 7.06. The van der Waals surface area contributed by atoms with E-state index in [0.29, 0.717) is 6.42 Å². The fraction of sp³-hybridized carbons (Fsp3) is 0.500. The molecule has 1 aromatic carbocycles. The third-order valence-electron chi connectivity index (χ3n) is 2.63. The van der Waals surface area contributed by atoms with Crippen LogP contribution in [0.15, 0.2) is 18.2 Å². The minimum absolute atomic E-state index is 0.0355. The molecule has 1 rings (SSSR count). The van der Waals surface area contributed by atoms with E-state index < -0.39 is 6.10 Å². The van der Waals surface area contributed by atoms with E-state index in [2.05, 4.69) is 0 Å². The first kappa shape index (κ1) is 12.0. The lowest BCUT2D eigenvalue weighted by Gasteiger charge is -2.18. The van der Waals surface area contributed by atoms with E-state index in [4.69, 9.17) is 5.11 Å². The Balaban J connectivity index is 2.86. The lowest BCUT2D eigenvalue weighted by molar-refractivity contribution is 0.0833. The van der Waals surface area contributed by atoms with Gasteiger partial charge in [0, 0.05) is 0 Å². The van der Waals surface area contributed by atoms with E-state index in [0.717, 1.165) is 11.1 Å². The smallest absolute Gasteiger partial charge is 0.119 e. The van der Waals surface area contributed by atoms with E-state index in [9.17, 15) is 10.2 Å². The summed E-state index contributed by atoms with van der Waals surface area (Å²) >= 11 is 0. The average Bonchev–Trinajstić information content (AvgIpc) is 2.17. The van der Waals surface area contributed by atoms with Gasteiger partial charge in [0.1, 0.15) is 5.75 Å². The molecule has 0 aromatic heterocycles. The van der Waals surface area contributed by atoms with Crippen molar-refractivity contribution in [1.29, 1.82) is 0 Å². The second-order valence-corrected chi connectivity index (χ2v) is 3.98. The Labute approximate surface area is 90.0 Å². The maximum atomic E-state index is 9.70. The highest BCUT2D eigenvalue weighted by molar-refractivity contribution is 5.40. The zero-order valence-corrected chi connectivity index (χ0v) is 9.14. The van der Waals surface area contributed by atoms with Crippen LogP contribution in [0.4, 0.5) is 0 Å². The van der Waals surface area contributed by atoms with E-state index in [-0.39, 0.29) is 18.3 Å². The monoisotopic (exact) mass is 210 g/mol. The molecule has 15 heavy (non-hydrogen) atoms. The van der Waals surface area contributed by atoms with Crippen LogP contribution in [0.2, 0.25) is 0 Å². The van der Waals surface area contributed by atoms with Crippen LogP contribution in [0.1, 0.15) is 30.4 Å². The van der Waals surface area contributed by atoms with Gasteiger partial charge in [0.25, 0.3) is 0 Å². The Hall–Kier alpha value is -1.06. The van der Waals surface area contributed by atoms with Crippen LogP contribution >= 0.6 is 0 Å². The fourth-order valence-corrected chi connectivity index (χ4v) is 1.91. The van der Waals surface area contributed by atoms with Crippen LogP contribution in [0.3, 0.4) is 0 Å². The van der Waals surface area contributed by atoms with E-state index >= 15 is 0 Å². The molecule has 0 aliphatic carbocycles. The van der Waals surface area contributed by atoms with Gasteiger partial charge in [-0.1, -0.05) is 19.1 Å². The SMILES string of the molecule is Cc1cccc(O)c1C(C)CC(O)CO. The van der Waals surface area contributed by atoms with Crippen LogP contribution in [-0.4, -0.2) is 28.0 Å². The van der Waals surface area contributed by atoms with Gasteiger partial charge in [-0.25, -0.2) is 0 Å². The third kappa shape index (κ3) is 2.94. The fourth-order valence-electron chi connectivity index (χ4n) is 1.91.